The van der Waals surface area contributed by atoms with E-state index in [0.29, 0.717) is 22.6 Å². The smallest absolute Gasteiger partial charge is 0.336 e. The largest absolute Gasteiger partial charge is 0.493 e. The van der Waals surface area contributed by atoms with Crippen molar-refractivity contribution in [3.05, 3.63) is 47.5 Å². The van der Waals surface area contributed by atoms with Crippen LogP contribution in [-0.4, -0.2) is 25.3 Å². The minimum Gasteiger partial charge on any atom is -0.493 e. The van der Waals surface area contributed by atoms with Crippen LogP contribution in [0.1, 0.15) is 15.9 Å². The normalized spacial score (nSPS) is 10.2. The van der Waals surface area contributed by atoms with E-state index in [1.165, 1.54) is 7.11 Å². The lowest BCUT2D eigenvalue weighted by molar-refractivity contribution is 0.0697. The van der Waals surface area contributed by atoms with E-state index in [0.717, 1.165) is 5.56 Å². The number of aryl methyl sites for hydroxylation is 1. The van der Waals surface area contributed by atoms with Crippen LogP contribution in [0.25, 0.3) is 11.1 Å². The van der Waals surface area contributed by atoms with Gasteiger partial charge in [-0.1, -0.05) is 29.8 Å². The van der Waals surface area contributed by atoms with Crippen LogP contribution in [0.3, 0.4) is 0 Å². The Labute approximate surface area is 117 Å². The van der Waals surface area contributed by atoms with Gasteiger partial charge in [0.25, 0.3) is 0 Å². The first-order chi connectivity index (χ1) is 9.58. The predicted molar refractivity (Wildman–Crippen MR) is 76.7 cm³/mol. The quantitative estimate of drug-likeness (QED) is 0.927. The van der Waals surface area contributed by atoms with Crippen LogP contribution >= 0.6 is 0 Å². The molecule has 0 atom stereocenters. The summed E-state index contributed by atoms with van der Waals surface area (Å²) in [7, 11) is 3.09. The zero-order valence-electron chi connectivity index (χ0n) is 11.6. The van der Waals surface area contributed by atoms with E-state index >= 15 is 0 Å². The number of rotatable bonds is 4. The molecule has 0 aliphatic carbocycles. The van der Waals surface area contributed by atoms with Gasteiger partial charge in [0, 0.05) is 11.1 Å². The monoisotopic (exact) mass is 272 g/mol. The number of ether oxygens (including phenoxy) is 2. The average molecular weight is 272 g/mol. The van der Waals surface area contributed by atoms with Crippen molar-refractivity contribution in [2.75, 3.05) is 14.2 Å². The molecule has 0 bridgehead atoms. The first kappa shape index (κ1) is 13.9. The molecule has 20 heavy (non-hydrogen) atoms. The van der Waals surface area contributed by atoms with Gasteiger partial charge in [-0.15, -0.1) is 0 Å². The molecule has 2 rings (SSSR count). The van der Waals surface area contributed by atoms with Crippen molar-refractivity contribution in [2.45, 2.75) is 6.92 Å². The molecule has 0 saturated heterocycles. The van der Waals surface area contributed by atoms with Crippen LogP contribution in [0.15, 0.2) is 36.4 Å². The Morgan fingerprint density at radius 3 is 2.40 bits per heavy atom. The van der Waals surface area contributed by atoms with Crippen LogP contribution in [-0.2, 0) is 0 Å². The molecule has 0 amide bonds. The molecule has 0 aromatic heterocycles. The number of carboxylic acids is 1. The van der Waals surface area contributed by atoms with Gasteiger partial charge < -0.3 is 14.6 Å². The lowest BCUT2D eigenvalue weighted by atomic mass is 9.96. The van der Waals surface area contributed by atoms with Crippen molar-refractivity contribution < 1.29 is 19.4 Å². The molecule has 104 valence electrons. The average Bonchev–Trinajstić information content (AvgIpc) is 2.45. The van der Waals surface area contributed by atoms with Crippen molar-refractivity contribution in [1.29, 1.82) is 0 Å². The summed E-state index contributed by atoms with van der Waals surface area (Å²) in [6.07, 6.45) is 0. The second-order valence-corrected chi connectivity index (χ2v) is 4.40. The number of para-hydroxylation sites is 1. The van der Waals surface area contributed by atoms with Crippen molar-refractivity contribution in [3.8, 4) is 22.6 Å². The highest BCUT2D eigenvalue weighted by atomic mass is 16.5. The summed E-state index contributed by atoms with van der Waals surface area (Å²) in [6.45, 7) is 1.92. The highest BCUT2D eigenvalue weighted by Gasteiger charge is 2.17. The maximum absolute atomic E-state index is 11.4. The molecular weight excluding hydrogens is 256 g/mol. The van der Waals surface area contributed by atoms with Crippen LogP contribution in [0.4, 0.5) is 0 Å². The maximum Gasteiger partial charge on any atom is 0.336 e. The number of benzene rings is 2. The van der Waals surface area contributed by atoms with E-state index in [2.05, 4.69) is 0 Å². The zero-order valence-corrected chi connectivity index (χ0v) is 11.6. The summed E-state index contributed by atoms with van der Waals surface area (Å²) >= 11 is 0. The summed E-state index contributed by atoms with van der Waals surface area (Å²) in [5.74, 6) is 0.135. The predicted octanol–water partition coefficient (Wildman–Crippen LogP) is 3.38. The Hall–Kier alpha value is -2.49. The molecule has 0 radical (unpaired) electrons. The van der Waals surface area contributed by atoms with Crippen molar-refractivity contribution in [1.82, 2.24) is 0 Å². The van der Waals surface area contributed by atoms with Crippen LogP contribution in [0.2, 0.25) is 0 Å². The molecular formula is C16H16O4. The molecule has 0 saturated carbocycles. The third-order valence-electron chi connectivity index (χ3n) is 3.10. The van der Waals surface area contributed by atoms with Gasteiger partial charge in [-0.2, -0.15) is 0 Å². The minimum absolute atomic E-state index is 0.238. The topological polar surface area (TPSA) is 55.8 Å². The third-order valence-corrected chi connectivity index (χ3v) is 3.10. The van der Waals surface area contributed by atoms with Crippen LogP contribution in [0.5, 0.6) is 11.5 Å². The molecule has 0 aliphatic heterocycles. The van der Waals surface area contributed by atoms with Crippen molar-refractivity contribution in [2.24, 2.45) is 0 Å². The fraction of sp³-hybridized carbons (Fsp3) is 0.188. The van der Waals surface area contributed by atoms with Gasteiger partial charge in [0.1, 0.15) is 0 Å². The highest BCUT2D eigenvalue weighted by molar-refractivity contribution is 5.97. The Kier molecular flexibility index (Phi) is 3.94. The molecule has 4 heteroatoms. The van der Waals surface area contributed by atoms with Crippen molar-refractivity contribution >= 4 is 5.97 Å². The van der Waals surface area contributed by atoms with E-state index in [9.17, 15) is 9.90 Å². The lowest BCUT2D eigenvalue weighted by Gasteiger charge is -2.14. The van der Waals surface area contributed by atoms with E-state index in [1.807, 2.05) is 25.1 Å². The molecule has 0 spiro atoms. The summed E-state index contributed by atoms with van der Waals surface area (Å²) in [4.78, 5) is 11.4. The summed E-state index contributed by atoms with van der Waals surface area (Å²) in [6, 6.07) is 10.6. The zero-order chi connectivity index (χ0) is 14.7. The van der Waals surface area contributed by atoms with E-state index < -0.39 is 5.97 Å². The van der Waals surface area contributed by atoms with Gasteiger partial charge in [-0.25, -0.2) is 4.79 Å². The van der Waals surface area contributed by atoms with E-state index in [-0.39, 0.29) is 5.56 Å². The second-order valence-electron chi connectivity index (χ2n) is 4.40. The van der Waals surface area contributed by atoms with Gasteiger partial charge in [0.15, 0.2) is 11.5 Å². The number of hydrogen-bond acceptors (Lipinski definition) is 3. The molecule has 2 aromatic rings. The van der Waals surface area contributed by atoms with Gasteiger partial charge in [-0.05, 0) is 19.1 Å². The maximum atomic E-state index is 11.4. The van der Waals surface area contributed by atoms with Crippen molar-refractivity contribution in [3.63, 3.8) is 0 Å². The Morgan fingerprint density at radius 2 is 1.80 bits per heavy atom. The summed E-state index contributed by atoms with van der Waals surface area (Å²) in [5.41, 5.74) is 2.54. The molecule has 0 aliphatic rings. The molecule has 0 unspecified atom stereocenters. The SMILES string of the molecule is COc1cccc(-c2cc(C)ccc2C(=O)O)c1OC. The van der Waals surface area contributed by atoms with Crippen LogP contribution in [0, 0.1) is 6.92 Å². The number of aromatic carboxylic acids is 1. The van der Waals surface area contributed by atoms with Gasteiger partial charge in [0.05, 0.1) is 19.8 Å². The molecule has 4 nitrogen and oxygen atoms in total. The summed E-state index contributed by atoms with van der Waals surface area (Å²) < 4.78 is 10.6. The number of carboxylic acid groups (broad SMARTS) is 1. The minimum atomic E-state index is -0.968. The van der Waals surface area contributed by atoms with Gasteiger partial charge >= 0.3 is 5.97 Å². The van der Waals surface area contributed by atoms with Crippen LogP contribution < -0.4 is 9.47 Å². The van der Waals surface area contributed by atoms with Gasteiger partial charge in [0.2, 0.25) is 0 Å². The molecule has 1 N–H and O–H groups in total. The summed E-state index contributed by atoms with van der Waals surface area (Å²) in [5, 5.41) is 9.34. The standard InChI is InChI=1S/C16H16O4/c1-10-7-8-12(16(17)18)13(9-10)11-5-4-6-14(19-2)15(11)20-3/h4-9H,1-3H3,(H,17,18). The molecule has 0 fully saturated rings. The fourth-order valence-electron chi connectivity index (χ4n) is 2.17. The van der Waals surface area contributed by atoms with E-state index in [4.69, 9.17) is 9.47 Å². The van der Waals surface area contributed by atoms with E-state index in [1.54, 1.807) is 25.3 Å². The molecule has 2 aromatic carbocycles. The Morgan fingerprint density at radius 1 is 1.05 bits per heavy atom. The lowest BCUT2D eigenvalue weighted by Crippen LogP contribution is -2.01. The Bertz CT molecular complexity index is 647. The van der Waals surface area contributed by atoms with Gasteiger partial charge in [-0.3, -0.25) is 0 Å². The number of methoxy groups -OCH3 is 2. The Balaban J connectivity index is 2.74. The third kappa shape index (κ3) is 2.45. The highest BCUT2D eigenvalue weighted by Crippen LogP contribution is 2.39. The fourth-order valence-corrected chi connectivity index (χ4v) is 2.17. The number of carbonyl (C=O) groups is 1. The first-order valence-electron chi connectivity index (χ1n) is 6.13. The second kappa shape index (κ2) is 5.65. The number of hydrogen-bond donors (Lipinski definition) is 1. The molecule has 0 heterocycles. The first-order valence-corrected chi connectivity index (χ1v) is 6.13.